The number of nitrogens with zero attached hydrogens (tertiary/aromatic N) is 3. The molecule has 1 rings (SSSR count). The number of hydrogen-bond donors (Lipinski definition) is 1. The number of hydrazone groups is 1. The minimum Gasteiger partial charge on any atom is -0.381 e. The van der Waals surface area contributed by atoms with Crippen molar-refractivity contribution >= 4 is 16.9 Å². The molecule has 3 unspecified atom stereocenters. The van der Waals surface area contributed by atoms with Crippen LogP contribution in [0.4, 0.5) is 0 Å². The van der Waals surface area contributed by atoms with Gasteiger partial charge in [-0.15, -0.1) is 0 Å². The van der Waals surface area contributed by atoms with Gasteiger partial charge in [0.2, 0.25) is 5.17 Å². The summed E-state index contributed by atoms with van der Waals surface area (Å²) in [4.78, 5) is 12.7. The van der Waals surface area contributed by atoms with E-state index in [0.29, 0.717) is 29.5 Å². The Morgan fingerprint density at radius 1 is 1.62 bits per heavy atom. The monoisotopic (exact) mass is 318 g/mol. The number of nitro groups is 1. The second-order valence-corrected chi connectivity index (χ2v) is 6.62. The summed E-state index contributed by atoms with van der Waals surface area (Å²) in [6.07, 6.45) is 1.77. The van der Waals surface area contributed by atoms with Crippen molar-refractivity contribution in [3.05, 3.63) is 10.1 Å². The Balaban J connectivity index is 2.29. The summed E-state index contributed by atoms with van der Waals surface area (Å²) < 4.78 is 5.48. The van der Waals surface area contributed by atoms with E-state index < -0.39 is 5.03 Å². The van der Waals surface area contributed by atoms with Crippen LogP contribution in [0.3, 0.4) is 0 Å². The van der Waals surface area contributed by atoms with Crippen LogP contribution in [0.2, 0.25) is 0 Å². The van der Waals surface area contributed by atoms with Gasteiger partial charge in [-0.25, -0.2) is 10.1 Å². The molecule has 8 heteroatoms. The summed E-state index contributed by atoms with van der Waals surface area (Å²) in [5.74, 6) is 1.61. The largest absolute Gasteiger partial charge is 0.381 e. The smallest absolute Gasteiger partial charge is 0.234 e. The average Bonchev–Trinajstić information content (AvgIpc) is 2.79. The summed E-state index contributed by atoms with van der Waals surface area (Å²) in [5, 5.41) is 16.4. The highest BCUT2D eigenvalue weighted by molar-refractivity contribution is 8.13. The van der Waals surface area contributed by atoms with Gasteiger partial charge in [0.25, 0.3) is 0 Å². The summed E-state index contributed by atoms with van der Waals surface area (Å²) in [7, 11) is 2.11. The van der Waals surface area contributed by atoms with Crippen molar-refractivity contribution in [2.75, 3.05) is 46.2 Å². The molecule has 0 spiro atoms. The van der Waals surface area contributed by atoms with E-state index in [-0.39, 0.29) is 0 Å². The highest BCUT2D eigenvalue weighted by Gasteiger charge is 2.25. The van der Waals surface area contributed by atoms with Gasteiger partial charge in [-0.2, -0.15) is 0 Å². The molecule has 1 N–H and O–H groups in total. The number of nitrogens with one attached hydrogen (secondary N) is 1. The first-order valence-corrected chi connectivity index (χ1v) is 8.42. The van der Waals surface area contributed by atoms with Gasteiger partial charge in [0.15, 0.2) is 5.03 Å². The summed E-state index contributed by atoms with van der Waals surface area (Å²) in [5.41, 5.74) is 0. The summed E-state index contributed by atoms with van der Waals surface area (Å²) in [6, 6.07) is 0. The van der Waals surface area contributed by atoms with Crippen LogP contribution in [0.15, 0.2) is 5.10 Å². The molecule has 0 aliphatic carbocycles. The fraction of sp³-hybridized carbons (Fsp3) is 0.923. The molecule has 3 atom stereocenters. The van der Waals surface area contributed by atoms with E-state index in [9.17, 15) is 10.1 Å². The van der Waals surface area contributed by atoms with Crippen LogP contribution in [0.5, 0.6) is 0 Å². The third-order valence-corrected chi connectivity index (χ3v) is 4.27. The van der Waals surface area contributed by atoms with E-state index in [1.165, 1.54) is 11.8 Å². The van der Waals surface area contributed by atoms with E-state index in [1.54, 1.807) is 6.26 Å². The molecule has 0 bridgehead atoms. The normalized spacial score (nSPS) is 24.3. The van der Waals surface area contributed by atoms with Crippen LogP contribution in [-0.2, 0) is 4.74 Å². The average molecular weight is 318 g/mol. The second-order valence-electron chi connectivity index (χ2n) is 5.83. The van der Waals surface area contributed by atoms with E-state index in [1.807, 2.05) is 0 Å². The molecule has 122 valence electrons. The van der Waals surface area contributed by atoms with Crippen LogP contribution >= 0.6 is 11.8 Å². The highest BCUT2D eigenvalue weighted by Crippen LogP contribution is 2.20. The first-order valence-electron chi connectivity index (χ1n) is 7.19. The predicted octanol–water partition coefficient (Wildman–Crippen LogP) is 1.34. The quantitative estimate of drug-likeness (QED) is 0.330. The molecule has 1 aliphatic rings. The molecule has 0 aromatic rings. The predicted molar refractivity (Wildman–Crippen MR) is 86.1 cm³/mol. The Morgan fingerprint density at radius 2 is 2.33 bits per heavy atom. The van der Waals surface area contributed by atoms with E-state index in [2.05, 4.69) is 36.2 Å². The van der Waals surface area contributed by atoms with Crippen molar-refractivity contribution in [2.45, 2.75) is 13.8 Å². The first-order chi connectivity index (χ1) is 9.92. The van der Waals surface area contributed by atoms with Gasteiger partial charge < -0.3 is 15.0 Å². The molecule has 1 saturated heterocycles. The maximum atomic E-state index is 10.4. The fourth-order valence-electron chi connectivity index (χ4n) is 2.49. The Bertz CT molecular complexity index is 367. The molecular weight excluding hydrogens is 292 g/mol. The van der Waals surface area contributed by atoms with Crippen molar-refractivity contribution in [3.63, 3.8) is 0 Å². The third kappa shape index (κ3) is 7.10. The Hall–Kier alpha value is -0.860. The van der Waals surface area contributed by atoms with E-state index in [4.69, 9.17) is 4.74 Å². The minimum atomic E-state index is -0.670. The van der Waals surface area contributed by atoms with Crippen LogP contribution in [0.25, 0.3) is 0 Å². The van der Waals surface area contributed by atoms with Gasteiger partial charge in [0.05, 0.1) is 11.7 Å². The van der Waals surface area contributed by atoms with Gasteiger partial charge in [0.1, 0.15) is 0 Å². The molecule has 0 aromatic carbocycles. The molecule has 0 radical (unpaired) electrons. The Kier molecular flexibility index (Phi) is 7.98. The molecule has 21 heavy (non-hydrogen) atoms. The van der Waals surface area contributed by atoms with Gasteiger partial charge in [0, 0.05) is 26.2 Å². The minimum absolute atomic E-state index is 0.354. The SMILES string of the molecule is CSC(=N[N+](=O)[O-])NCC(C)CN(C)CC1COCC1C. The summed E-state index contributed by atoms with van der Waals surface area (Å²) in [6.45, 7) is 8.72. The van der Waals surface area contributed by atoms with Crippen molar-refractivity contribution < 1.29 is 9.77 Å². The standard InChI is InChI=1S/C13H26N4O3S/c1-10(5-14-13(21-4)15-17(18)19)6-16(3)7-12-9-20-8-11(12)2/h10-12H,5-9H2,1-4H3,(H,14,15). The zero-order chi connectivity index (χ0) is 15.8. The van der Waals surface area contributed by atoms with Gasteiger partial charge in [-0.1, -0.05) is 25.6 Å². The molecule has 1 heterocycles. The van der Waals surface area contributed by atoms with Gasteiger partial charge in [-0.3, -0.25) is 0 Å². The number of rotatable bonds is 7. The highest BCUT2D eigenvalue weighted by atomic mass is 32.2. The molecule has 0 aromatic heterocycles. The second kappa shape index (κ2) is 9.22. The van der Waals surface area contributed by atoms with Gasteiger partial charge in [-0.05, 0) is 31.1 Å². The lowest BCUT2D eigenvalue weighted by atomic mass is 9.97. The zero-order valence-corrected chi connectivity index (χ0v) is 14.1. The number of amidine groups is 1. The Morgan fingerprint density at radius 3 is 2.86 bits per heavy atom. The van der Waals surface area contributed by atoms with Crippen LogP contribution in [0, 0.1) is 27.9 Å². The van der Waals surface area contributed by atoms with Crippen molar-refractivity contribution in [1.29, 1.82) is 0 Å². The van der Waals surface area contributed by atoms with Crippen molar-refractivity contribution in [2.24, 2.45) is 22.9 Å². The van der Waals surface area contributed by atoms with Crippen molar-refractivity contribution in [1.82, 2.24) is 10.2 Å². The van der Waals surface area contributed by atoms with Gasteiger partial charge >= 0.3 is 0 Å². The molecule has 0 saturated carbocycles. The lowest BCUT2D eigenvalue weighted by Gasteiger charge is -2.25. The Labute approximate surface area is 130 Å². The lowest BCUT2D eigenvalue weighted by molar-refractivity contribution is -0.484. The topological polar surface area (TPSA) is 80.0 Å². The molecule has 0 amide bonds. The maximum absolute atomic E-state index is 10.4. The maximum Gasteiger partial charge on any atom is 0.234 e. The van der Waals surface area contributed by atoms with Crippen molar-refractivity contribution in [3.8, 4) is 0 Å². The molecular formula is C13H26N4O3S. The van der Waals surface area contributed by atoms with E-state index >= 15 is 0 Å². The number of thioether (sulfide) groups is 1. The fourth-order valence-corrected chi connectivity index (χ4v) is 2.87. The third-order valence-electron chi connectivity index (χ3n) is 3.65. The van der Waals surface area contributed by atoms with Crippen LogP contribution in [-0.4, -0.2) is 61.3 Å². The van der Waals surface area contributed by atoms with Crippen LogP contribution in [0.1, 0.15) is 13.8 Å². The zero-order valence-electron chi connectivity index (χ0n) is 13.2. The number of hydrogen-bond acceptors (Lipinski definition) is 5. The summed E-state index contributed by atoms with van der Waals surface area (Å²) >= 11 is 1.25. The first kappa shape index (κ1) is 18.2. The number of ether oxygens (including phenoxy) is 1. The molecule has 7 nitrogen and oxygen atoms in total. The molecule has 1 aliphatic heterocycles. The van der Waals surface area contributed by atoms with Crippen LogP contribution < -0.4 is 5.32 Å². The molecule has 1 fully saturated rings. The van der Waals surface area contributed by atoms with E-state index in [0.717, 1.165) is 26.3 Å². The lowest BCUT2D eigenvalue weighted by Crippen LogP contribution is -2.36.